The Morgan fingerprint density at radius 3 is 2.37 bits per heavy atom. The van der Waals surface area contributed by atoms with Crippen molar-refractivity contribution in [1.82, 2.24) is 14.2 Å². The second-order valence-corrected chi connectivity index (χ2v) is 8.89. The average Bonchev–Trinajstić information content (AvgIpc) is 2.67. The third kappa shape index (κ3) is 4.77. The Balaban J connectivity index is 1.71. The van der Waals surface area contributed by atoms with Crippen molar-refractivity contribution in [3.05, 3.63) is 53.2 Å². The van der Waals surface area contributed by atoms with Crippen LogP contribution in [0.1, 0.15) is 11.6 Å². The van der Waals surface area contributed by atoms with E-state index in [1.54, 1.807) is 24.3 Å². The van der Waals surface area contributed by atoms with Crippen molar-refractivity contribution < 1.29 is 13.5 Å². The largest absolute Gasteiger partial charge is 0.394 e. The molecule has 7 nitrogen and oxygen atoms in total. The summed E-state index contributed by atoms with van der Waals surface area (Å²) >= 11 is 5.89. The summed E-state index contributed by atoms with van der Waals surface area (Å²) in [6.45, 7) is 2.24. The van der Waals surface area contributed by atoms with Gasteiger partial charge in [0.2, 0.25) is 10.0 Å². The lowest BCUT2D eigenvalue weighted by molar-refractivity contribution is 0.222. The number of hydrogen-bond acceptors (Lipinski definition) is 6. The Morgan fingerprint density at radius 1 is 1.15 bits per heavy atom. The van der Waals surface area contributed by atoms with E-state index < -0.39 is 10.0 Å². The molecule has 1 fully saturated rings. The van der Waals surface area contributed by atoms with Gasteiger partial charge < -0.3 is 15.3 Å². The van der Waals surface area contributed by atoms with Crippen LogP contribution in [0.5, 0.6) is 0 Å². The maximum atomic E-state index is 12.7. The fraction of sp³-hybridized carbons (Fsp3) is 0.389. The predicted octanol–water partition coefficient (Wildman–Crippen LogP) is 1.82. The number of aromatic nitrogens is 1. The Kier molecular flexibility index (Phi) is 6.33. The number of likely N-dealkylation sites (N-methyl/N-ethyl adjacent to an activating group) is 1. The molecule has 1 aromatic heterocycles. The van der Waals surface area contributed by atoms with E-state index in [1.807, 2.05) is 19.2 Å². The second-order valence-electron chi connectivity index (χ2n) is 6.52. The summed E-state index contributed by atoms with van der Waals surface area (Å²) in [5.74, 6) is 0.487. The Labute approximate surface area is 164 Å². The van der Waals surface area contributed by atoms with Gasteiger partial charge in [0, 0.05) is 37.4 Å². The monoisotopic (exact) mass is 410 g/mol. The molecular weight excluding hydrogens is 388 g/mol. The van der Waals surface area contributed by atoms with E-state index in [0.717, 1.165) is 5.56 Å². The van der Waals surface area contributed by atoms with E-state index in [9.17, 15) is 13.5 Å². The molecule has 146 valence electrons. The Bertz CT molecular complexity index is 851. The van der Waals surface area contributed by atoms with Crippen LogP contribution in [-0.4, -0.2) is 67.5 Å². The first kappa shape index (κ1) is 20.0. The van der Waals surface area contributed by atoms with Crippen LogP contribution in [0.2, 0.25) is 5.02 Å². The highest BCUT2D eigenvalue weighted by Crippen LogP contribution is 2.22. The van der Waals surface area contributed by atoms with Crippen molar-refractivity contribution >= 4 is 27.4 Å². The zero-order chi connectivity index (χ0) is 19.4. The summed E-state index contributed by atoms with van der Waals surface area (Å²) < 4.78 is 27.0. The minimum atomic E-state index is -3.54. The summed E-state index contributed by atoms with van der Waals surface area (Å²) in [5.41, 5.74) is 0.859. The van der Waals surface area contributed by atoms with E-state index in [1.165, 1.54) is 10.5 Å². The number of pyridine rings is 1. The zero-order valence-electron chi connectivity index (χ0n) is 15.0. The standard InChI is InChI=1S/C18H23ClN4O3S/c1-22-8-10-23(11-9-22)27(25,26)16-6-7-18(20-12-16)21-17(13-24)14-2-4-15(19)5-3-14/h2-7,12,17,24H,8-11,13H2,1H3,(H,20,21). The number of piperazine rings is 1. The maximum absolute atomic E-state index is 12.7. The van der Waals surface area contributed by atoms with Crippen LogP contribution in [0.3, 0.4) is 0 Å². The number of rotatable bonds is 6. The third-order valence-electron chi connectivity index (χ3n) is 4.61. The van der Waals surface area contributed by atoms with Crippen LogP contribution in [0.4, 0.5) is 5.82 Å². The summed E-state index contributed by atoms with van der Waals surface area (Å²) in [4.78, 5) is 6.49. The number of halogens is 1. The van der Waals surface area contributed by atoms with Crippen LogP contribution in [0.15, 0.2) is 47.5 Å². The fourth-order valence-corrected chi connectivity index (χ4v) is 4.40. The van der Waals surface area contributed by atoms with Crippen LogP contribution in [-0.2, 0) is 10.0 Å². The molecule has 1 aliphatic rings. The van der Waals surface area contributed by atoms with Gasteiger partial charge in [0.15, 0.2) is 0 Å². The highest BCUT2D eigenvalue weighted by molar-refractivity contribution is 7.89. The van der Waals surface area contributed by atoms with Gasteiger partial charge in [-0.25, -0.2) is 13.4 Å². The minimum absolute atomic E-state index is 0.134. The van der Waals surface area contributed by atoms with Gasteiger partial charge in [-0.15, -0.1) is 0 Å². The molecule has 1 atom stereocenters. The number of aliphatic hydroxyl groups is 1. The Morgan fingerprint density at radius 2 is 1.81 bits per heavy atom. The number of anilines is 1. The van der Waals surface area contributed by atoms with Gasteiger partial charge in [-0.1, -0.05) is 23.7 Å². The normalized spacial score (nSPS) is 17.6. The van der Waals surface area contributed by atoms with Crippen molar-refractivity contribution in [2.45, 2.75) is 10.9 Å². The summed E-state index contributed by atoms with van der Waals surface area (Å²) in [6, 6.07) is 9.93. The number of nitrogens with zero attached hydrogens (tertiary/aromatic N) is 3. The van der Waals surface area contributed by atoms with Crippen LogP contribution in [0, 0.1) is 0 Å². The quantitative estimate of drug-likeness (QED) is 0.755. The molecule has 1 aromatic carbocycles. The van der Waals surface area contributed by atoms with Gasteiger partial charge in [0.25, 0.3) is 0 Å². The molecule has 0 amide bonds. The number of aliphatic hydroxyl groups excluding tert-OH is 1. The van der Waals surface area contributed by atoms with Crippen LogP contribution in [0.25, 0.3) is 0 Å². The van der Waals surface area contributed by atoms with Crippen molar-refractivity contribution in [2.75, 3.05) is 45.2 Å². The molecule has 9 heteroatoms. The van der Waals surface area contributed by atoms with E-state index >= 15 is 0 Å². The van der Waals surface area contributed by atoms with Gasteiger partial charge >= 0.3 is 0 Å². The third-order valence-corrected chi connectivity index (χ3v) is 6.75. The highest BCUT2D eigenvalue weighted by Gasteiger charge is 2.27. The molecule has 27 heavy (non-hydrogen) atoms. The first-order valence-electron chi connectivity index (χ1n) is 8.68. The molecule has 1 aliphatic heterocycles. The van der Waals surface area contributed by atoms with Gasteiger partial charge in [-0.05, 0) is 36.9 Å². The van der Waals surface area contributed by atoms with E-state index in [-0.39, 0.29) is 17.5 Å². The molecule has 2 N–H and O–H groups in total. The lowest BCUT2D eigenvalue weighted by atomic mass is 10.1. The van der Waals surface area contributed by atoms with Crippen LogP contribution < -0.4 is 5.32 Å². The molecule has 0 bridgehead atoms. The fourth-order valence-electron chi connectivity index (χ4n) is 2.90. The van der Waals surface area contributed by atoms with E-state index in [4.69, 9.17) is 11.6 Å². The van der Waals surface area contributed by atoms with Gasteiger partial charge in [-0.3, -0.25) is 0 Å². The number of sulfonamides is 1. The average molecular weight is 411 g/mol. The second kappa shape index (κ2) is 8.53. The molecule has 1 unspecified atom stereocenters. The maximum Gasteiger partial charge on any atom is 0.244 e. The van der Waals surface area contributed by atoms with E-state index in [2.05, 4.69) is 15.2 Å². The number of benzene rings is 1. The molecule has 0 saturated carbocycles. The molecule has 2 aromatic rings. The lowest BCUT2D eigenvalue weighted by Crippen LogP contribution is -2.47. The van der Waals surface area contributed by atoms with Gasteiger partial charge in [0.05, 0.1) is 12.6 Å². The Hall–Kier alpha value is -1.71. The lowest BCUT2D eigenvalue weighted by Gasteiger charge is -2.31. The minimum Gasteiger partial charge on any atom is -0.394 e. The van der Waals surface area contributed by atoms with Gasteiger partial charge in [-0.2, -0.15) is 4.31 Å². The molecule has 2 heterocycles. The molecule has 3 rings (SSSR count). The van der Waals surface area contributed by atoms with Crippen molar-refractivity contribution in [3.8, 4) is 0 Å². The molecule has 1 saturated heterocycles. The molecular formula is C18H23ClN4O3S. The first-order valence-corrected chi connectivity index (χ1v) is 10.5. The SMILES string of the molecule is CN1CCN(S(=O)(=O)c2ccc(NC(CO)c3ccc(Cl)cc3)nc2)CC1. The summed E-state index contributed by atoms with van der Waals surface area (Å²) in [5, 5.41) is 13.4. The van der Waals surface area contributed by atoms with Crippen molar-refractivity contribution in [3.63, 3.8) is 0 Å². The van der Waals surface area contributed by atoms with Crippen molar-refractivity contribution in [1.29, 1.82) is 0 Å². The summed E-state index contributed by atoms with van der Waals surface area (Å²) in [7, 11) is -1.56. The molecule has 0 radical (unpaired) electrons. The predicted molar refractivity (Wildman–Crippen MR) is 105 cm³/mol. The van der Waals surface area contributed by atoms with E-state index in [0.29, 0.717) is 37.0 Å². The zero-order valence-corrected chi connectivity index (χ0v) is 16.6. The first-order chi connectivity index (χ1) is 12.9. The van der Waals surface area contributed by atoms with Crippen LogP contribution >= 0.6 is 11.6 Å². The summed E-state index contributed by atoms with van der Waals surface area (Å²) in [6.07, 6.45) is 1.35. The van der Waals surface area contributed by atoms with Gasteiger partial charge in [0.1, 0.15) is 10.7 Å². The highest BCUT2D eigenvalue weighted by atomic mass is 35.5. The smallest absolute Gasteiger partial charge is 0.244 e. The number of nitrogens with one attached hydrogen (secondary N) is 1. The molecule has 0 aliphatic carbocycles. The van der Waals surface area contributed by atoms with Crippen molar-refractivity contribution in [2.24, 2.45) is 0 Å². The topological polar surface area (TPSA) is 85.8 Å². The molecule has 0 spiro atoms. The number of hydrogen-bond donors (Lipinski definition) is 2.